The van der Waals surface area contributed by atoms with Crippen molar-refractivity contribution in [3.8, 4) is 0 Å². The second-order valence-corrected chi connectivity index (χ2v) is 2.64. The largest absolute Gasteiger partial charge is 0.376 e. The van der Waals surface area contributed by atoms with Gasteiger partial charge in [-0.15, -0.1) is 0 Å². The number of carbonyl (C=O) groups excluding carboxylic acids is 1. The van der Waals surface area contributed by atoms with E-state index in [0.29, 0.717) is 12.9 Å². The van der Waals surface area contributed by atoms with E-state index in [-0.39, 0.29) is 6.10 Å². The minimum atomic E-state index is -0.542. The van der Waals surface area contributed by atoms with E-state index in [0.717, 1.165) is 19.4 Å². The zero-order chi connectivity index (χ0) is 8.10. The molecule has 1 rings (SSSR count). The fraction of sp³-hybridized carbons (Fsp3) is 0.750. The molecule has 0 aliphatic carbocycles. The van der Waals surface area contributed by atoms with Gasteiger partial charge in [-0.05, 0) is 19.8 Å². The van der Waals surface area contributed by atoms with Gasteiger partial charge in [-0.1, -0.05) is 0 Å². The lowest BCUT2D eigenvalue weighted by Crippen LogP contribution is -2.20. The van der Waals surface area contributed by atoms with E-state index < -0.39 is 6.10 Å². The highest BCUT2D eigenvalue weighted by Gasteiger charge is 2.16. The zero-order valence-corrected chi connectivity index (χ0v) is 6.49. The number of aldehydes is 1. The predicted octanol–water partition coefficient (Wildman–Crippen LogP) is 0.584. The quantitative estimate of drug-likeness (QED) is 0.560. The van der Waals surface area contributed by atoms with Crippen LogP contribution in [0.5, 0.6) is 0 Å². The van der Waals surface area contributed by atoms with Crippen molar-refractivity contribution in [3.05, 3.63) is 6.92 Å². The van der Waals surface area contributed by atoms with Crippen molar-refractivity contribution in [2.75, 3.05) is 13.2 Å². The maximum atomic E-state index is 10.1. The van der Waals surface area contributed by atoms with E-state index in [2.05, 4.69) is 6.92 Å². The van der Waals surface area contributed by atoms with Crippen molar-refractivity contribution < 1.29 is 14.3 Å². The molecule has 2 atom stereocenters. The molecule has 0 aromatic rings. The normalized spacial score (nSPS) is 26.8. The van der Waals surface area contributed by atoms with Crippen LogP contribution >= 0.6 is 0 Å². The molecule has 11 heavy (non-hydrogen) atoms. The Bertz CT molecular complexity index is 119. The number of ether oxygens (including phenoxy) is 2. The van der Waals surface area contributed by atoms with Crippen LogP contribution in [0.25, 0.3) is 0 Å². The first-order valence-electron chi connectivity index (χ1n) is 3.84. The van der Waals surface area contributed by atoms with Gasteiger partial charge in [-0.2, -0.15) is 0 Å². The fourth-order valence-electron chi connectivity index (χ4n) is 1.05. The van der Waals surface area contributed by atoms with Crippen LogP contribution in [0, 0.1) is 6.92 Å². The van der Waals surface area contributed by atoms with Crippen LogP contribution in [0.2, 0.25) is 0 Å². The van der Waals surface area contributed by atoms with Crippen LogP contribution in [0.4, 0.5) is 0 Å². The van der Waals surface area contributed by atoms with Crippen LogP contribution in [-0.2, 0) is 14.3 Å². The van der Waals surface area contributed by atoms with Crippen LogP contribution < -0.4 is 0 Å². The highest BCUT2D eigenvalue weighted by atomic mass is 16.5. The third kappa shape index (κ3) is 2.99. The Hall–Kier alpha value is -0.410. The molecule has 0 aromatic heterocycles. The van der Waals surface area contributed by atoms with Crippen LogP contribution in [0.15, 0.2) is 0 Å². The Morgan fingerprint density at radius 2 is 2.64 bits per heavy atom. The van der Waals surface area contributed by atoms with Gasteiger partial charge in [-0.25, -0.2) is 0 Å². The summed E-state index contributed by atoms with van der Waals surface area (Å²) < 4.78 is 10.4. The average Bonchev–Trinajstić information content (AvgIpc) is 2.52. The minimum absolute atomic E-state index is 0.180. The van der Waals surface area contributed by atoms with E-state index >= 15 is 0 Å². The second kappa shape index (κ2) is 4.46. The molecule has 0 amide bonds. The molecular formula is C8H13O3. The molecule has 0 spiro atoms. The zero-order valence-electron chi connectivity index (χ0n) is 6.49. The van der Waals surface area contributed by atoms with Gasteiger partial charge in [0.25, 0.3) is 0 Å². The highest BCUT2D eigenvalue weighted by molar-refractivity contribution is 5.56. The summed E-state index contributed by atoms with van der Waals surface area (Å²) in [6.07, 6.45) is 2.45. The fourth-order valence-corrected chi connectivity index (χ4v) is 1.05. The topological polar surface area (TPSA) is 35.5 Å². The lowest BCUT2D eigenvalue weighted by molar-refractivity contribution is -0.117. The molecule has 1 radical (unpaired) electrons. The number of hydrogen-bond donors (Lipinski definition) is 0. The lowest BCUT2D eigenvalue weighted by Gasteiger charge is -2.11. The third-order valence-corrected chi connectivity index (χ3v) is 1.67. The molecule has 1 fully saturated rings. The standard InChI is InChI=1S/C8H13O3/c1-7(5-9)11-6-8-3-2-4-10-8/h5,7-8H,1-4,6H2. The molecule has 1 aliphatic rings. The molecule has 0 aromatic carbocycles. The summed E-state index contributed by atoms with van der Waals surface area (Å²) in [5.41, 5.74) is 0. The maximum Gasteiger partial charge on any atom is 0.148 e. The molecular weight excluding hydrogens is 144 g/mol. The second-order valence-electron chi connectivity index (χ2n) is 2.64. The van der Waals surface area contributed by atoms with E-state index in [1.165, 1.54) is 0 Å². The monoisotopic (exact) mass is 157 g/mol. The van der Waals surface area contributed by atoms with E-state index in [4.69, 9.17) is 9.47 Å². The summed E-state index contributed by atoms with van der Waals surface area (Å²) in [6.45, 7) is 4.78. The van der Waals surface area contributed by atoms with Crippen molar-refractivity contribution in [1.29, 1.82) is 0 Å². The molecule has 0 bridgehead atoms. The first-order valence-corrected chi connectivity index (χ1v) is 3.84. The first-order chi connectivity index (χ1) is 5.33. The Kier molecular flexibility index (Phi) is 3.52. The van der Waals surface area contributed by atoms with E-state index in [9.17, 15) is 4.79 Å². The molecule has 1 saturated heterocycles. The third-order valence-electron chi connectivity index (χ3n) is 1.67. The van der Waals surface area contributed by atoms with Crippen LogP contribution in [0.3, 0.4) is 0 Å². The van der Waals surface area contributed by atoms with Gasteiger partial charge in [0, 0.05) is 6.61 Å². The summed E-state index contributed by atoms with van der Waals surface area (Å²) in [7, 11) is 0. The van der Waals surface area contributed by atoms with Crippen LogP contribution in [0.1, 0.15) is 12.8 Å². The number of rotatable bonds is 4. The highest BCUT2D eigenvalue weighted by Crippen LogP contribution is 2.12. The Balaban J connectivity index is 2.06. The first kappa shape index (κ1) is 8.68. The predicted molar refractivity (Wildman–Crippen MR) is 40.1 cm³/mol. The molecule has 63 valence electrons. The number of carbonyl (C=O) groups is 1. The SMILES string of the molecule is [CH2]C(C=O)OCC1CCCO1. The molecule has 3 heteroatoms. The Morgan fingerprint density at radius 1 is 1.82 bits per heavy atom. The molecule has 0 saturated carbocycles. The molecule has 0 N–H and O–H groups in total. The van der Waals surface area contributed by atoms with Crippen molar-refractivity contribution in [1.82, 2.24) is 0 Å². The summed E-state index contributed by atoms with van der Waals surface area (Å²) in [5.74, 6) is 0. The van der Waals surface area contributed by atoms with Gasteiger partial charge in [0.05, 0.1) is 12.7 Å². The average molecular weight is 157 g/mol. The van der Waals surface area contributed by atoms with Gasteiger partial charge in [-0.3, -0.25) is 0 Å². The van der Waals surface area contributed by atoms with Gasteiger partial charge >= 0.3 is 0 Å². The van der Waals surface area contributed by atoms with Gasteiger partial charge in [0.1, 0.15) is 12.4 Å². The lowest BCUT2D eigenvalue weighted by atomic mass is 10.2. The summed E-state index contributed by atoms with van der Waals surface area (Å²) in [6, 6.07) is 0. The molecule has 1 heterocycles. The summed E-state index contributed by atoms with van der Waals surface area (Å²) in [5, 5.41) is 0. The molecule has 2 unspecified atom stereocenters. The van der Waals surface area contributed by atoms with Crippen molar-refractivity contribution in [2.45, 2.75) is 25.0 Å². The minimum Gasteiger partial charge on any atom is -0.376 e. The molecule has 3 nitrogen and oxygen atoms in total. The Labute approximate surface area is 66.7 Å². The maximum absolute atomic E-state index is 10.1. The van der Waals surface area contributed by atoms with Crippen LogP contribution in [-0.4, -0.2) is 31.7 Å². The summed E-state index contributed by atoms with van der Waals surface area (Å²) >= 11 is 0. The van der Waals surface area contributed by atoms with Crippen molar-refractivity contribution >= 4 is 6.29 Å². The van der Waals surface area contributed by atoms with Gasteiger partial charge in [0.2, 0.25) is 0 Å². The van der Waals surface area contributed by atoms with E-state index in [1.807, 2.05) is 0 Å². The van der Waals surface area contributed by atoms with Gasteiger partial charge in [0.15, 0.2) is 0 Å². The van der Waals surface area contributed by atoms with Gasteiger partial charge < -0.3 is 14.3 Å². The summed E-state index contributed by atoms with van der Waals surface area (Å²) in [4.78, 5) is 10.1. The van der Waals surface area contributed by atoms with E-state index in [1.54, 1.807) is 0 Å². The Morgan fingerprint density at radius 3 is 3.18 bits per heavy atom. The van der Waals surface area contributed by atoms with Crippen molar-refractivity contribution in [2.24, 2.45) is 0 Å². The number of hydrogen-bond acceptors (Lipinski definition) is 3. The smallest absolute Gasteiger partial charge is 0.148 e. The molecule has 1 aliphatic heterocycles. The van der Waals surface area contributed by atoms with Crippen molar-refractivity contribution in [3.63, 3.8) is 0 Å².